The van der Waals surface area contributed by atoms with Gasteiger partial charge in [-0.25, -0.2) is 9.97 Å². The van der Waals surface area contributed by atoms with Gasteiger partial charge in [0.2, 0.25) is 0 Å². The highest BCUT2D eigenvalue weighted by molar-refractivity contribution is 5.59. The Bertz CT molecular complexity index is 432. The summed E-state index contributed by atoms with van der Waals surface area (Å²) in [5.74, 6) is 1.97. The van der Waals surface area contributed by atoms with Crippen LogP contribution in [0.2, 0.25) is 0 Å². The summed E-state index contributed by atoms with van der Waals surface area (Å²) in [7, 11) is 0. The number of aliphatic hydroxyl groups excluding tert-OH is 1. The maximum Gasteiger partial charge on any atom is 0.137 e. The summed E-state index contributed by atoms with van der Waals surface area (Å²) in [5, 5.41) is 12.8. The summed E-state index contributed by atoms with van der Waals surface area (Å²) in [4.78, 5) is 11.3. The van der Waals surface area contributed by atoms with Crippen LogP contribution in [0.5, 0.6) is 0 Å². The molecule has 0 bridgehead atoms. The van der Waals surface area contributed by atoms with Crippen molar-refractivity contribution in [1.29, 1.82) is 0 Å². The van der Waals surface area contributed by atoms with Crippen LogP contribution in [-0.2, 0) is 6.42 Å². The van der Waals surface area contributed by atoms with Crippen molar-refractivity contribution in [2.45, 2.75) is 58.4 Å². The molecule has 1 heterocycles. The van der Waals surface area contributed by atoms with Crippen molar-refractivity contribution in [3.05, 3.63) is 11.9 Å². The van der Waals surface area contributed by atoms with E-state index in [1.54, 1.807) is 6.33 Å². The molecule has 0 radical (unpaired) electrons. The molecule has 1 aromatic rings. The fourth-order valence-corrected chi connectivity index (χ4v) is 3.24. The Hall–Kier alpha value is -1.36. The van der Waals surface area contributed by atoms with E-state index in [0.29, 0.717) is 12.6 Å². The van der Waals surface area contributed by atoms with Crippen LogP contribution in [0.3, 0.4) is 0 Å². The molecule has 2 rings (SSSR count). The van der Waals surface area contributed by atoms with Gasteiger partial charge in [-0.3, -0.25) is 0 Å². The van der Waals surface area contributed by atoms with Crippen molar-refractivity contribution >= 4 is 11.6 Å². The van der Waals surface area contributed by atoms with Crippen LogP contribution in [0.4, 0.5) is 11.6 Å². The largest absolute Gasteiger partial charge is 0.395 e. The molecule has 5 nitrogen and oxygen atoms in total. The number of aromatic nitrogens is 2. The van der Waals surface area contributed by atoms with Gasteiger partial charge in [-0.2, -0.15) is 0 Å². The van der Waals surface area contributed by atoms with Gasteiger partial charge in [0.15, 0.2) is 0 Å². The Morgan fingerprint density at radius 3 is 2.67 bits per heavy atom. The zero-order valence-corrected chi connectivity index (χ0v) is 13.3. The number of anilines is 2. The lowest BCUT2D eigenvalue weighted by molar-refractivity contribution is 0.296. The van der Waals surface area contributed by atoms with E-state index in [1.807, 2.05) is 0 Å². The summed E-state index contributed by atoms with van der Waals surface area (Å²) >= 11 is 0. The lowest BCUT2D eigenvalue weighted by Crippen LogP contribution is -2.37. The quantitative estimate of drug-likeness (QED) is 0.771. The minimum Gasteiger partial charge on any atom is -0.395 e. The van der Waals surface area contributed by atoms with E-state index in [4.69, 9.17) is 0 Å². The van der Waals surface area contributed by atoms with Gasteiger partial charge in [0.1, 0.15) is 18.0 Å². The van der Waals surface area contributed by atoms with Crippen molar-refractivity contribution < 1.29 is 5.11 Å². The molecule has 1 aromatic heterocycles. The minimum absolute atomic E-state index is 0.169. The molecular weight excluding hydrogens is 264 g/mol. The Balaban J connectivity index is 2.35. The van der Waals surface area contributed by atoms with Crippen LogP contribution in [0, 0.1) is 0 Å². The van der Waals surface area contributed by atoms with Gasteiger partial charge in [0.25, 0.3) is 0 Å². The third-order valence-corrected chi connectivity index (χ3v) is 4.15. The normalized spacial score (nSPS) is 15.4. The molecular formula is C16H28N4O. The Morgan fingerprint density at radius 2 is 2.05 bits per heavy atom. The first-order valence-electron chi connectivity index (χ1n) is 8.27. The van der Waals surface area contributed by atoms with Crippen LogP contribution in [-0.4, -0.2) is 40.8 Å². The Kier molecular flexibility index (Phi) is 6.23. The van der Waals surface area contributed by atoms with E-state index in [-0.39, 0.29) is 6.61 Å². The van der Waals surface area contributed by atoms with Crippen molar-refractivity contribution in [3.8, 4) is 0 Å². The molecule has 0 aromatic carbocycles. The molecule has 118 valence electrons. The first-order chi connectivity index (χ1) is 10.3. The number of hydrogen-bond donors (Lipinski definition) is 2. The van der Waals surface area contributed by atoms with Gasteiger partial charge < -0.3 is 15.3 Å². The second-order valence-electron chi connectivity index (χ2n) is 5.66. The van der Waals surface area contributed by atoms with Gasteiger partial charge in [-0.1, -0.05) is 26.2 Å². The van der Waals surface area contributed by atoms with E-state index in [0.717, 1.165) is 31.0 Å². The fraction of sp³-hybridized carbons (Fsp3) is 0.750. The molecule has 0 unspecified atom stereocenters. The predicted molar refractivity (Wildman–Crippen MR) is 86.9 cm³/mol. The average Bonchev–Trinajstić information content (AvgIpc) is 3.01. The summed E-state index contributed by atoms with van der Waals surface area (Å²) < 4.78 is 0. The van der Waals surface area contributed by atoms with E-state index in [2.05, 4.69) is 34.0 Å². The molecule has 21 heavy (non-hydrogen) atoms. The molecule has 2 N–H and O–H groups in total. The topological polar surface area (TPSA) is 61.3 Å². The zero-order chi connectivity index (χ0) is 15.1. The first-order valence-corrected chi connectivity index (χ1v) is 8.27. The Labute approximate surface area is 127 Å². The van der Waals surface area contributed by atoms with Crippen molar-refractivity contribution in [2.75, 3.05) is 29.9 Å². The highest BCUT2D eigenvalue weighted by Gasteiger charge is 2.26. The number of hydrogen-bond acceptors (Lipinski definition) is 5. The maximum absolute atomic E-state index is 9.45. The molecule has 1 saturated carbocycles. The van der Waals surface area contributed by atoms with Gasteiger partial charge in [-0.05, 0) is 26.2 Å². The lowest BCUT2D eigenvalue weighted by atomic mass is 10.1. The third-order valence-electron chi connectivity index (χ3n) is 4.15. The van der Waals surface area contributed by atoms with Crippen molar-refractivity contribution in [3.63, 3.8) is 0 Å². The van der Waals surface area contributed by atoms with Crippen molar-refractivity contribution in [2.24, 2.45) is 0 Å². The zero-order valence-electron chi connectivity index (χ0n) is 13.3. The Morgan fingerprint density at radius 1 is 1.29 bits per heavy atom. The van der Waals surface area contributed by atoms with Gasteiger partial charge >= 0.3 is 0 Å². The SMILES string of the molecule is CCCc1c(NCC)ncnc1N(CCO)C1CCCC1. The summed E-state index contributed by atoms with van der Waals surface area (Å²) in [6.45, 7) is 5.95. The molecule has 0 aliphatic heterocycles. The summed E-state index contributed by atoms with van der Waals surface area (Å²) in [6.07, 6.45) is 8.63. The van der Waals surface area contributed by atoms with Crippen molar-refractivity contribution in [1.82, 2.24) is 9.97 Å². The van der Waals surface area contributed by atoms with Gasteiger partial charge in [0.05, 0.1) is 6.61 Å². The van der Waals surface area contributed by atoms with Crippen LogP contribution in [0.1, 0.15) is 51.5 Å². The molecule has 0 spiro atoms. The van der Waals surface area contributed by atoms with E-state index in [9.17, 15) is 5.11 Å². The second kappa shape index (κ2) is 8.17. The number of aliphatic hydroxyl groups is 1. The average molecular weight is 292 g/mol. The summed E-state index contributed by atoms with van der Waals surface area (Å²) in [5.41, 5.74) is 1.20. The monoisotopic (exact) mass is 292 g/mol. The second-order valence-corrected chi connectivity index (χ2v) is 5.66. The molecule has 1 fully saturated rings. The number of nitrogens with zero attached hydrogens (tertiary/aromatic N) is 3. The van der Waals surface area contributed by atoms with Crippen LogP contribution in [0.15, 0.2) is 6.33 Å². The molecule has 0 atom stereocenters. The molecule has 0 saturated heterocycles. The molecule has 5 heteroatoms. The van der Waals surface area contributed by atoms with Gasteiger partial charge in [0, 0.05) is 24.7 Å². The highest BCUT2D eigenvalue weighted by atomic mass is 16.3. The highest BCUT2D eigenvalue weighted by Crippen LogP contribution is 2.31. The molecule has 1 aliphatic rings. The van der Waals surface area contributed by atoms with E-state index in [1.165, 1.54) is 31.2 Å². The fourth-order valence-electron chi connectivity index (χ4n) is 3.24. The summed E-state index contributed by atoms with van der Waals surface area (Å²) in [6, 6.07) is 0.511. The minimum atomic E-state index is 0.169. The number of rotatable bonds is 8. The van der Waals surface area contributed by atoms with E-state index >= 15 is 0 Å². The first kappa shape index (κ1) is 16.0. The van der Waals surface area contributed by atoms with Gasteiger partial charge in [-0.15, -0.1) is 0 Å². The van der Waals surface area contributed by atoms with Crippen LogP contribution in [0.25, 0.3) is 0 Å². The lowest BCUT2D eigenvalue weighted by Gasteiger charge is -2.31. The standard InChI is InChI=1S/C16H28N4O/c1-3-7-14-15(17-4-2)18-12-19-16(14)20(10-11-21)13-8-5-6-9-13/h12-13,21H,3-11H2,1-2H3,(H,17,18,19). The predicted octanol–water partition coefficient (Wildman–Crippen LogP) is 2.60. The van der Waals surface area contributed by atoms with E-state index < -0.39 is 0 Å². The molecule has 0 amide bonds. The molecule has 1 aliphatic carbocycles. The third kappa shape index (κ3) is 3.84. The smallest absolute Gasteiger partial charge is 0.137 e. The number of nitrogens with one attached hydrogen (secondary N) is 1. The maximum atomic E-state index is 9.45. The van der Waals surface area contributed by atoms with Crippen LogP contribution < -0.4 is 10.2 Å². The van der Waals surface area contributed by atoms with Crippen LogP contribution >= 0.6 is 0 Å².